The van der Waals surface area contributed by atoms with Crippen molar-refractivity contribution < 1.29 is 0 Å². The lowest BCUT2D eigenvalue weighted by Gasteiger charge is -2.23. The van der Waals surface area contributed by atoms with Gasteiger partial charge in [-0.1, -0.05) is 30.5 Å². The molecule has 1 saturated carbocycles. The van der Waals surface area contributed by atoms with Crippen LogP contribution in [0.5, 0.6) is 0 Å². The van der Waals surface area contributed by atoms with Crippen molar-refractivity contribution in [2.75, 3.05) is 5.32 Å². The molecule has 0 spiro atoms. The normalized spacial score (nSPS) is 18.7. The third-order valence-electron chi connectivity index (χ3n) is 3.76. The first kappa shape index (κ1) is 11.8. The summed E-state index contributed by atoms with van der Waals surface area (Å²) in [6, 6.07) is 6.63. The van der Waals surface area contributed by atoms with E-state index in [0.29, 0.717) is 6.04 Å². The van der Waals surface area contributed by atoms with Crippen LogP contribution in [0.15, 0.2) is 18.2 Å². The summed E-state index contributed by atoms with van der Waals surface area (Å²) in [5.41, 5.74) is 2.35. The summed E-state index contributed by atoms with van der Waals surface area (Å²) in [4.78, 5) is 0. The van der Waals surface area contributed by atoms with Gasteiger partial charge < -0.3 is 5.32 Å². The van der Waals surface area contributed by atoms with E-state index in [4.69, 9.17) is 11.6 Å². The molecule has 2 rings (SSSR count). The Morgan fingerprint density at radius 1 is 1.31 bits per heavy atom. The molecule has 1 fully saturated rings. The average molecular weight is 238 g/mol. The zero-order chi connectivity index (χ0) is 11.5. The maximum atomic E-state index is 6.12. The van der Waals surface area contributed by atoms with Crippen molar-refractivity contribution in [2.24, 2.45) is 5.92 Å². The number of rotatable bonds is 3. The van der Waals surface area contributed by atoms with Gasteiger partial charge in [-0.25, -0.2) is 0 Å². The van der Waals surface area contributed by atoms with E-state index < -0.39 is 0 Å². The lowest BCUT2D eigenvalue weighted by atomic mass is 9.99. The highest BCUT2D eigenvalue weighted by Gasteiger charge is 2.21. The number of halogens is 1. The van der Waals surface area contributed by atoms with Gasteiger partial charge in [0, 0.05) is 16.8 Å². The molecule has 1 N–H and O–H groups in total. The monoisotopic (exact) mass is 237 g/mol. The molecule has 0 aromatic heterocycles. The summed E-state index contributed by atoms with van der Waals surface area (Å²) < 4.78 is 0. The molecule has 1 nitrogen and oxygen atoms in total. The van der Waals surface area contributed by atoms with Crippen LogP contribution in [0.1, 0.15) is 38.2 Å². The highest BCUT2D eigenvalue weighted by molar-refractivity contribution is 6.31. The van der Waals surface area contributed by atoms with Crippen LogP contribution in [-0.4, -0.2) is 6.04 Å². The molecule has 1 aromatic rings. The smallest absolute Gasteiger partial charge is 0.0455 e. The summed E-state index contributed by atoms with van der Waals surface area (Å²) in [6.45, 7) is 4.36. The van der Waals surface area contributed by atoms with E-state index in [2.05, 4.69) is 25.2 Å². The van der Waals surface area contributed by atoms with Gasteiger partial charge in [0.2, 0.25) is 0 Å². The first-order chi connectivity index (χ1) is 7.68. The van der Waals surface area contributed by atoms with Crippen molar-refractivity contribution in [1.29, 1.82) is 0 Å². The predicted octanol–water partition coefficient (Wildman–Crippen LogP) is 4.64. The molecule has 2 heteroatoms. The molecule has 1 aliphatic carbocycles. The number of hydrogen-bond donors (Lipinski definition) is 1. The zero-order valence-corrected chi connectivity index (χ0v) is 10.8. The van der Waals surface area contributed by atoms with Gasteiger partial charge in [-0.3, -0.25) is 0 Å². The summed E-state index contributed by atoms with van der Waals surface area (Å²) in [5.74, 6) is 0.832. The Labute approximate surface area is 103 Å². The molecule has 0 saturated heterocycles. The molecule has 1 atom stereocenters. The quantitative estimate of drug-likeness (QED) is 0.808. The van der Waals surface area contributed by atoms with E-state index in [1.165, 1.54) is 31.4 Å². The second-order valence-corrected chi connectivity index (χ2v) is 5.30. The number of hydrogen-bond acceptors (Lipinski definition) is 1. The molecule has 0 heterocycles. The minimum Gasteiger partial charge on any atom is -0.382 e. The second-order valence-electron chi connectivity index (χ2n) is 4.89. The SMILES string of the molecule is Cc1c(Cl)cccc1NC(C)C1CCCC1. The lowest BCUT2D eigenvalue weighted by molar-refractivity contribution is 0.482. The maximum Gasteiger partial charge on any atom is 0.0455 e. The van der Waals surface area contributed by atoms with Gasteiger partial charge in [0.05, 0.1) is 0 Å². The van der Waals surface area contributed by atoms with Crippen molar-refractivity contribution in [3.05, 3.63) is 28.8 Å². The third kappa shape index (κ3) is 2.52. The first-order valence-corrected chi connectivity index (χ1v) is 6.58. The fourth-order valence-corrected chi connectivity index (χ4v) is 2.76. The summed E-state index contributed by atoms with van der Waals surface area (Å²) in [6.07, 6.45) is 5.53. The van der Waals surface area contributed by atoms with Gasteiger partial charge in [0.25, 0.3) is 0 Å². The molecular weight excluding hydrogens is 218 g/mol. The number of benzene rings is 1. The third-order valence-corrected chi connectivity index (χ3v) is 4.17. The standard InChI is InChI=1S/C14H20ClN/c1-10-13(15)8-5-9-14(10)16-11(2)12-6-3-4-7-12/h5,8-9,11-12,16H,3-4,6-7H2,1-2H3. The van der Waals surface area contributed by atoms with Crippen LogP contribution < -0.4 is 5.32 Å². The van der Waals surface area contributed by atoms with Crippen LogP contribution in [0.2, 0.25) is 5.02 Å². The van der Waals surface area contributed by atoms with E-state index in [-0.39, 0.29) is 0 Å². The van der Waals surface area contributed by atoms with Gasteiger partial charge in [-0.2, -0.15) is 0 Å². The highest BCUT2D eigenvalue weighted by Crippen LogP contribution is 2.31. The summed E-state index contributed by atoms with van der Waals surface area (Å²) in [7, 11) is 0. The highest BCUT2D eigenvalue weighted by atomic mass is 35.5. The van der Waals surface area contributed by atoms with Gasteiger partial charge in [0.15, 0.2) is 0 Å². The van der Waals surface area contributed by atoms with Gasteiger partial charge in [-0.15, -0.1) is 0 Å². The van der Waals surface area contributed by atoms with Crippen molar-refractivity contribution in [3.8, 4) is 0 Å². The lowest BCUT2D eigenvalue weighted by Crippen LogP contribution is -2.24. The summed E-state index contributed by atoms with van der Waals surface area (Å²) >= 11 is 6.12. The van der Waals surface area contributed by atoms with Crippen molar-refractivity contribution in [2.45, 2.75) is 45.6 Å². The molecule has 0 radical (unpaired) electrons. The second kappa shape index (κ2) is 5.09. The van der Waals surface area contributed by atoms with E-state index in [0.717, 1.165) is 16.5 Å². The maximum absolute atomic E-state index is 6.12. The Morgan fingerprint density at radius 3 is 2.69 bits per heavy atom. The molecule has 1 unspecified atom stereocenters. The summed E-state index contributed by atoms with van der Waals surface area (Å²) in [5, 5.41) is 4.46. The van der Waals surface area contributed by atoms with Gasteiger partial charge >= 0.3 is 0 Å². The fraction of sp³-hybridized carbons (Fsp3) is 0.571. The van der Waals surface area contributed by atoms with Crippen molar-refractivity contribution >= 4 is 17.3 Å². The topological polar surface area (TPSA) is 12.0 Å². The van der Waals surface area contributed by atoms with E-state index in [9.17, 15) is 0 Å². The van der Waals surface area contributed by atoms with Crippen molar-refractivity contribution in [3.63, 3.8) is 0 Å². The van der Waals surface area contributed by atoms with E-state index in [1.807, 2.05) is 12.1 Å². The van der Waals surface area contributed by atoms with Crippen LogP contribution in [0.3, 0.4) is 0 Å². The first-order valence-electron chi connectivity index (χ1n) is 6.20. The number of anilines is 1. The van der Waals surface area contributed by atoms with Crippen molar-refractivity contribution in [1.82, 2.24) is 0 Å². The van der Waals surface area contributed by atoms with Gasteiger partial charge in [-0.05, 0) is 50.3 Å². The Kier molecular flexibility index (Phi) is 3.75. The average Bonchev–Trinajstić information content (AvgIpc) is 2.78. The Morgan fingerprint density at radius 2 is 2.00 bits per heavy atom. The molecule has 1 aliphatic rings. The Hall–Kier alpha value is -0.690. The minimum atomic E-state index is 0.555. The van der Waals surface area contributed by atoms with E-state index in [1.54, 1.807) is 0 Å². The van der Waals surface area contributed by atoms with E-state index >= 15 is 0 Å². The van der Waals surface area contributed by atoms with Crippen LogP contribution in [0, 0.1) is 12.8 Å². The largest absolute Gasteiger partial charge is 0.382 e. The molecule has 0 bridgehead atoms. The molecule has 16 heavy (non-hydrogen) atoms. The van der Waals surface area contributed by atoms with Crippen LogP contribution >= 0.6 is 11.6 Å². The Balaban J connectivity index is 2.05. The Bertz CT molecular complexity index is 356. The van der Waals surface area contributed by atoms with Crippen LogP contribution in [0.4, 0.5) is 5.69 Å². The molecule has 0 aliphatic heterocycles. The van der Waals surface area contributed by atoms with Crippen LogP contribution in [0.25, 0.3) is 0 Å². The minimum absolute atomic E-state index is 0.555. The van der Waals surface area contributed by atoms with Crippen LogP contribution in [-0.2, 0) is 0 Å². The number of nitrogens with one attached hydrogen (secondary N) is 1. The van der Waals surface area contributed by atoms with Gasteiger partial charge in [0.1, 0.15) is 0 Å². The molecule has 88 valence electrons. The predicted molar refractivity (Wildman–Crippen MR) is 71.2 cm³/mol. The molecule has 0 amide bonds. The fourth-order valence-electron chi connectivity index (χ4n) is 2.58. The molecule has 1 aromatic carbocycles. The zero-order valence-electron chi connectivity index (χ0n) is 10.1. The molecular formula is C14H20ClN.